The Morgan fingerprint density at radius 2 is 2.00 bits per heavy atom. The average molecular weight is 213 g/mol. The van der Waals surface area contributed by atoms with Crippen molar-refractivity contribution in [2.24, 2.45) is 11.8 Å². The van der Waals surface area contributed by atoms with Crippen LogP contribution in [0.4, 0.5) is 0 Å². The maximum Gasteiger partial charge on any atom is 0.222 e. The molecule has 0 saturated carbocycles. The second-order valence-corrected chi connectivity index (χ2v) is 4.98. The summed E-state index contributed by atoms with van der Waals surface area (Å²) in [6.07, 6.45) is 2.40. The summed E-state index contributed by atoms with van der Waals surface area (Å²) < 4.78 is 5.64. The van der Waals surface area contributed by atoms with Crippen LogP contribution in [-0.2, 0) is 9.53 Å². The van der Waals surface area contributed by atoms with Gasteiger partial charge in [0.05, 0.1) is 12.1 Å². The highest BCUT2D eigenvalue weighted by atomic mass is 16.5. The first-order valence-electron chi connectivity index (χ1n) is 5.94. The monoisotopic (exact) mass is 213 g/mol. The van der Waals surface area contributed by atoms with Crippen molar-refractivity contribution in [2.75, 3.05) is 6.61 Å². The van der Waals surface area contributed by atoms with Gasteiger partial charge in [-0.15, -0.1) is 0 Å². The van der Waals surface area contributed by atoms with Crippen LogP contribution in [0.25, 0.3) is 0 Å². The lowest BCUT2D eigenvalue weighted by Gasteiger charge is -2.28. The smallest absolute Gasteiger partial charge is 0.222 e. The molecule has 0 unspecified atom stereocenters. The molecule has 1 aliphatic heterocycles. The summed E-state index contributed by atoms with van der Waals surface area (Å²) in [5, 5.41) is 3.09. The van der Waals surface area contributed by atoms with E-state index in [9.17, 15) is 4.79 Å². The molecule has 0 bridgehead atoms. The van der Waals surface area contributed by atoms with Gasteiger partial charge in [-0.3, -0.25) is 4.79 Å². The second-order valence-electron chi connectivity index (χ2n) is 4.98. The lowest BCUT2D eigenvalue weighted by Crippen LogP contribution is -2.47. The van der Waals surface area contributed by atoms with Gasteiger partial charge in [0.25, 0.3) is 0 Å². The number of amides is 1. The van der Waals surface area contributed by atoms with Gasteiger partial charge < -0.3 is 10.1 Å². The summed E-state index contributed by atoms with van der Waals surface area (Å²) in [6, 6.07) is 0.169. The zero-order chi connectivity index (χ0) is 11.4. The first-order valence-corrected chi connectivity index (χ1v) is 5.94. The van der Waals surface area contributed by atoms with Crippen molar-refractivity contribution >= 4 is 5.91 Å². The van der Waals surface area contributed by atoms with Gasteiger partial charge in [-0.2, -0.15) is 0 Å². The Morgan fingerprint density at radius 3 is 2.40 bits per heavy atom. The van der Waals surface area contributed by atoms with Crippen molar-refractivity contribution in [3.8, 4) is 0 Å². The first kappa shape index (κ1) is 12.5. The minimum Gasteiger partial charge on any atom is -0.376 e. The van der Waals surface area contributed by atoms with Gasteiger partial charge >= 0.3 is 0 Å². The lowest BCUT2D eigenvalue weighted by molar-refractivity contribution is -0.126. The zero-order valence-corrected chi connectivity index (χ0v) is 10.2. The van der Waals surface area contributed by atoms with Gasteiger partial charge in [0.15, 0.2) is 0 Å². The van der Waals surface area contributed by atoms with E-state index in [0.29, 0.717) is 5.92 Å². The fraction of sp³-hybridized carbons (Fsp3) is 0.917. The highest BCUT2D eigenvalue weighted by Crippen LogP contribution is 2.20. The number of hydrogen-bond donors (Lipinski definition) is 1. The van der Waals surface area contributed by atoms with Gasteiger partial charge in [0.1, 0.15) is 0 Å². The summed E-state index contributed by atoms with van der Waals surface area (Å²) in [7, 11) is 0. The van der Waals surface area contributed by atoms with E-state index in [-0.39, 0.29) is 24.0 Å². The summed E-state index contributed by atoms with van der Waals surface area (Å²) in [5.41, 5.74) is 0. The molecule has 88 valence electrons. The molecular weight excluding hydrogens is 190 g/mol. The molecule has 1 saturated heterocycles. The number of hydrogen-bond acceptors (Lipinski definition) is 2. The van der Waals surface area contributed by atoms with Crippen LogP contribution in [0.5, 0.6) is 0 Å². The predicted octanol–water partition coefficient (Wildman–Crippen LogP) is 1.96. The molecule has 1 heterocycles. The largest absolute Gasteiger partial charge is 0.376 e. The molecule has 1 aliphatic rings. The van der Waals surface area contributed by atoms with E-state index in [4.69, 9.17) is 4.74 Å². The molecule has 2 atom stereocenters. The Hall–Kier alpha value is -0.570. The van der Waals surface area contributed by atoms with E-state index in [2.05, 4.69) is 19.2 Å². The molecule has 1 fully saturated rings. The van der Waals surface area contributed by atoms with E-state index in [1.807, 2.05) is 13.8 Å². The number of ether oxygens (including phenoxy) is 1. The molecule has 0 aromatic heterocycles. The molecule has 1 amide bonds. The van der Waals surface area contributed by atoms with Crippen LogP contribution in [0, 0.1) is 11.8 Å². The third-order valence-electron chi connectivity index (χ3n) is 2.92. The summed E-state index contributed by atoms with van der Waals surface area (Å²) >= 11 is 0. The van der Waals surface area contributed by atoms with Crippen LogP contribution in [0.2, 0.25) is 0 Å². The van der Waals surface area contributed by atoms with Crippen LogP contribution in [0.15, 0.2) is 0 Å². The van der Waals surface area contributed by atoms with Gasteiger partial charge in [-0.25, -0.2) is 0 Å². The zero-order valence-electron chi connectivity index (χ0n) is 10.2. The van der Waals surface area contributed by atoms with E-state index in [1.165, 1.54) is 0 Å². The van der Waals surface area contributed by atoms with E-state index < -0.39 is 0 Å². The maximum absolute atomic E-state index is 11.6. The van der Waals surface area contributed by atoms with Crippen LogP contribution >= 0.6 is 0 Å². The minimum absolute atomic E-state index is 0.0488. The molecular formula is C12H23NO2. The molecule has 3 nitrogen and oxygen atoms in total. The number of nitrogens with one attached hydrogen (secondary N) is 1. The summed E-state index contributed by atoms with van der Waals surface area (Å²) in [4.78, 5) is 11.6. The first-order chi connectivity index (χ1) is 7.02. The molecule has 3 heteroatoms. The fourth-order valence-corrected chi connectivity index (χ4v) is 1.91. The van der Waals surface area contributed by atoms with Crippen molar-refractivity contribution in [2.45, 2.75) is 52.7 Å². The fourth-order valence-electron chi connectivity index (χ4n) is 1.91. The summed E-state index contributed by atoms with van der Waals surface area (Å²) in [5.74, 6) is 0.604. The predicted molar refractivity (Wildman–Crippen MR) is 60.6 cm³/mol. The molecule has 0 radical (unpaired) electrons. The Bertz CT molecular complexity index is 208. The van der Waals surface area contributed by atoms with Crippen molar-refractivity contribution in [3.05, 3.63) is 0 Å². The van der Waals surface area contributed by atoms with Crippen LogP contribution in [0.1, 0.15) is 40.5 Å². The number of rotatable bonds is 4. The van der Waals surface area contributed by atoms with Crippen molar-refractivity contribution in [3.63, 3.8) is 0 Å². The Balaban J connectivity index is 2.54. The molecule has 0 aromatic carbocycles. The van der Waals surface area contributed by atoms with E-state index in [0.717, 1.165) is 19.4 Å². The number of carbonyl (C=O) groups excluding carboxylic acids is 1. The molecule has 1 rings (SSSR count). The Morgan fingerprint density at radius 1 is 1.33 bits per heavy atom. The van der Waals surface area contributed by atoms with Gasteiger partial charge in [0.2, 0.25) is 5.91 Å². The Labute approximate surface area is 92.6 Å². The average Bonchev–Trinajstić information content (AvgIpc) is 2.65. The third kappa shape index (κ3) is 3.49. The Kier molecular flexibility index (Phi) is 4.58. The molecule has 0 spiro atoms. The molecule has 0 aliphatic carbocycles. The van der Waals surface area contributed by atoms with Gasteiger partial charge in [-0.05, 0) is 18.8 Å². The van der Waals surface area contributed by atoms with Gasteiger partial charge in [-0.1, -0.05) is 27.7 Å². The number of carbonyl (C=O) groups is 1. The second kappa shape index (κ2) is 5.50. The highest BCUT2D eigenvalue weighted by Gasteiger charge is 2.29. The van der Waals surface area contributed by atoms with Crippen molar-refractivity contribution in [1.29, 1.82) is 0 Å². The van der Waals surface area contributed by atoms with Crippen LogP contribution in [0.3, 0.4) is 0 Å². The quantitative estimate of drug-likeness (QED) is 0.775. The van der Waals surface area contributed by atoms with Crippen molar-refractivity contribution in [1.82, 2.24) is 5.32 Å². The molecule has 0 aromatic rings. The standard InChI is InChI=1S/C12H23NO2/c1-8(2)11(10-6-5-7-15-10)13-12(14)9(3)4/h8-11H,5-7H2,1-4H3,(H,13,14)/t10-,11-/m0/s1. The lowest BCUT2D eigenvalue weighted by atomic mass is 9.96. The van der Waals surface area contributed by atoms with E-state index in [1.54, 1.807) is 0 Å². The van der Waals surface area contributed by atoms with Crippen LogP contribution in [-0.4, -0.2) is 24.7 Å². The normalized spacial score (nSPS) is 23.5. The maximum atomic E-state index is 11.6. The molecule has 1 N–H and O–H groups in total. The minimum atomic E-state index is 0.0488. The topological polar surface area (TPSA) is 38.3 Å². The summed E-state index contributed by atoms with van der Waals surface area (Å²) in [6.45, 7) is 8.94. The SMILES string of the molecule is CC(C)C(=O)N[C@@H](C(C)C)[C@@H]1CCCO1. The van der Waals surface area contributed by atoms with Crippen LogP contribution < -0.4 is 5.32 Å². The third-order valence-corrected chi connectivity index (χ3v) is 2.92. The van der Waals surface area contributed by atoms with Gasteiger partial charge in [0, 0.05) is 12.5 Å². The van der Waals surface area contributed by atoms with Crippen molar-refractivity contribution < 1.29 is 9.53 Å². The highest BCUT2D eigenvalue weighted by molar-refractivity contribution is 5.78. The van der Waals surface area contributed by atoms with E-state index >= 15 is 0 Å². The molecule has 15 heavy (non-hydrogen) atoms.